The van der Waals surface area contributed by atoms with Gasteiger partial charge in [0, 0.05) is 18.8 Å². The molecule has 1 N–H and O–H groups in total. The van der Waals surface area contributed by atoms with Crippen molar-refractivity contribution in [3.05, 3.63) is 29.8 Å². The lowest BCUT2D eigenvalue weighted by Crippen LogP contribution is -2.19. The van der Waals surface area contributed by atoms with Crippen LogP contribution in [0.5, 0.6) is 0 Å². The normalized spacial score (nSPS) is 15.8. The average Bonchev–Trinajstić information content (AvgIpc) is 2.93. The zero-order chi connectivity index (χ0) is 13.3. The van der Waals surface area contributed by atoms with Crippen molar-refractivity contribution in [1.29, 1.82) is 0 Å². The van der Waals surface area contributed by atoms with E-state index in [1.807, 2.05) is 11.8 Å². The second-order valence-corrected chi connectivity index (χ2v) is 6.25. The van der Waals surface area contributed by atoms with Crippen molar-refractivity contribution in [2.24, 2.45) is 0 Å². The SMILES string of the molecule is CSCCCCNc1ccccc1CN1CCCC1. The van der Waals surface area contributed by atoms with Crippen molar-refractivity contribution in [1.82, 2.24) is 4.90 Å². The molecule has 19 heavy (non-hydrogen) atoms. The Bertz CT molecular complexity index is 362. The Hall–Kier alpha value is -0.670. The molecule has 1 aliphatic rings. The van der Waals surface area contributed by atoms with Gasteiger partial charge >= 0.3 is 0 Å². The minimum Gasteiger partial charge on any atom is -0.385 e. The predicted octanol–water partition coefficient (Wildman–Crippen LogP) is 3.84. The molecule has 1 heterocycles. The average molecular weight is 278 g/mol. The number of hydrogen-bond donors (Lipinski definition) is 1. The molecule has 0 aliphatic carbocycles. The number of likely N-dealkylation sites (tertiary alicyclic amines) is 1. The molecule has 1 aromatic carbocycles. The van der Waals surface area contributed by atoms with Crippen molar-refractivity contribution in [2.45, 2.75) is 32.2 Å². The van der Waals surface area contributed by atoms with Crippen LogP contribution in [0.4, 0.5) is 5.69 Å². The van der Waals surface area contributed by atoms with E-state index in [9.17, 15) is 0 Å². The first-order valence-corrected chi connectivity index (χ1v) is 8.82. The molecular formula is C16H26N2S. The van der Waals surface area contributed by atoms with Crippen molar-refractivity contribution in [2.75, 3.05) is 37.0 Å². The van der Waals surface area contributed by atoms with Crippen LogP contribution in [0.25, 0.3) is 0 Å². The van der Waals surface area contributed by atoms with Crippen LogP contribution in [0.1, 0.15) is 31.2 Å². The van der Waals surface area contributed by atoms with Gasteiger partial charge in [0.05, 0.1) is 0 Å². The fraction of sp³-hybridized carbons (Fsp3) is 0.625. The van der Waals surface area contributed by atoms with E-state index in [1.165, 1.54) is 55.8 Å². The molecule has 2 nitrogen and oxygen atoms in total. The van der Waals surface area contributed by atoms with E-state index < -0.39 is 0 Å². The molecule has 0 saturated carbocycles. The fourth-order valence-electron chi connectivity index (χ4n) is 2.61. The van der Waals surface area contributed by atoms with Gasteiger partial charge in [-0.05, 0) is 62.4 Å². The summed E-state index contributed by atoms with van der Waals surface area (Å²) in [5.41, 5.74) is 2.79. The monoisotopic (exact) mass is 278 g/mol. The van der Waals surface area contributed by atoms with Crippen molar-refractivity contribution < 1.29 is 0 Å². The number of anilines is 1. The summed E-state index contributed by atoms with van der Waals surface area (Å²) in [6.07, 6.45) is 7.48. The summed E-state index contributed by atoms with van der Waals surface area (Å²) >= 11 is 1.94. The number of thioether (sulfide) groups is 1. The predicted molar refractivity (Wildman–Crippen MR) is 87.1 cm³/mol. The van der Waals surface area contributed by atoms with Crippen LogP contribution in [0.3, 0.4) is 0 Å². The Labute approximate surface area is 122 Å². The minimum absolute atomic E-state index is 1.09. The van der Waals surface area contributed by atoms with E-state index in [4.69, 9.17) is 0 Å². The van der Waals surface area contributed by atoms with Gasteiger partial charge < -0.3 is 5.32 Å². The Kier molecular flexibility index (Phi) is 6.58. The maximum absolute atomic E-state index is 3.61. The van der Waals surface area contributed by atoms with Gasteiger partial charge in [-0.2, -0.15) is 11.8 Å². The van der Waals surface area contributed by atoms with Crippen LogP contribution < -0.4 is 5.32 Å². The maximum atomic E-state index is 3.61. The number of para-hydroxylation sites is 1. The number of rotatable bonds is 8. The van der Waals surface area contributed by atoms with E-state index in [2.05, 4.69) is 40.7 Å². The molecule has 0 unspecified atom stereocenters. The highest BCUT2D eigenvalue weighted by molar-refractivity contribution is 7.98. The second-order valence-electron chi connectivity index (χ2n) is 5.27. The van der Waals surface area contributed by atoms with Crippen LogP contribution in [0.15, 0.2) is 24.3 Å². The number of nitrogens with zero attached hydrogens (tertiary/aromatic N) is 1. The van der Waals surface area contributed by atoms with Gasteiger partial charge in [-0.1, -0.05) is 18.2 Å². The summed E-state index contributed by atoms with van der Waals surface area (Å²) in [4.78, 5) is 2.56. The van der Waals surface area contributed by atoms with E-state index in [0.717, 1.165) is 13.1 Å². The number of benzene rings is 1. The quantitative estimate of drug-likeness (QED) is 0.727. The molecule has 1 saturated heterocycles. The molecule has 0 atom stereocenters. The van der Waals surface area contributed by atoms with E-state index in [-0.39, 0.29) is 0 Å². The van der Waals surface area contributed by atoms with Gasteiger partial charge in [-0.25, -0.2) is 0 Å². The van der Waals surface area contributed by atoms with E-state index >= 15 is 0 Å². The number of unbranched alkanes of at least 4 members (excludes halogenated alkanes) is 1. The van der Waals surface area contributed by atoms with Crippen LogP contribution in [-0.2, 0) is 6.54 Å². The second kappa shape index (κ2) is 8.49. The highest BCUT2D eigenvalue weighted by Gasteiger charge is 2.13. The third-order valence-corrected chi connectivity index (χ3v) is 4.40. The molecule has 0 amide bonds. The Balaban J connectivity index is 1.81. The molecule has 0 radical (unpaired) electrons. The molecule has 0 aromatic heterocycles. The lowest BCUT2D eigenvalue weighted by molar-refractivity contribution is 0.332. The highest BCUT2D eigenvalue weighted by Crippen LogP contribution is 2.20. The van der Waals surface area contributed by atoms with Crippen LogP contribution in [0.2, 0.25) is 0 Å². The maximum Gasteiger partial charge on any atom is 0.0385 e. The van der Waals surface area contributed by atoms with E-state index in [0.29, 0.717) is 0 Å². The molecule has 0 bridgehead atoms. The van der Waals surface area contributed by atoms with Gasteiger partial charge in [0.1, 0.15) is 0 Å². The number of nitrogens with one attached hydrogen (secondary N) is 1. The molecule has 1 aromatic rings. The minimum atomic E-state index is 1.09. The largest absolute Gasteiger partial charge is 0.385 e. The summed E-state index contributed by atoms with van der Waals surface area (Å²) in [6, 6.07) is 8.78. The van der Waals surface area contributed by atoms with Crippen molar-refractivity contribution in [3.63, 3.8) is 0 Å². The first-order chi connectivity index (χ1) is 9.40. The summed E-state index contributed by atoms with van der Waals surface area (Å²) in [5.74, 6) is 1.27. The Morgan fingerprint density at radius 1 is 1.16 bits per heavy atom. The smallest absolute Gasteiger partial charge is 0.0385 e. The molecule has 1 aliphatic heterocycles. The van der Waals surface area contributed by atoms with Gasteiger partial charge in [0.2, 0.25) is 0 Å². The van der Waals surface area contributed by atoms with Crippen LogP contribution >= 0.6 is 11.8 Å². The fourth-order valence-corrected chi connectivity index (χ4v) is 3.10. The van der Waals surface area contributed by atoms with Crippen molar-refractivity contribution in [3.8, 4) is 0 Å². The lowest BCUT2D eigenvalue weighted by Gasteiger charge is -2.18. The third-order valence-electron chi connectivity index (χ3n) is 3.70. The summed E-state index contributed by atoms with van der Waals surface area (Å²) in [5, 5.41) is 3.61. The Morgan fingerprint density at radius 3 is 2.74 bits per heavy atom. The topological polar surface area (TPSA) is 15.3 Å². The summed E-state index contributed by atoms with van der Waals surface area (Å²) in [7, 11) is 0. The van der Waals surface area contributed by atoms with Gasteiger partial charge in [0.25, 0.3) is 0 Å². The zero-order valence-corrected chi connectivity index (χ0v) is 12.8. The summed E-state index contributed by atoms with van der Waals surface area (Å²) < 4.78 is 0. The zero-order valence-electron chi connectivity index (χ0n) is 12.0. The van der Waals surface area contributed by atoms with Gasteiger partial charge in [-0.15, -0.1) is 0 Å². The molecule has 0 spiro atoms. The van der Waals surface area contributed by atoms with E-state index in [1.54, 1.807) is 0 Å². The van der Waals surface area contributed by atoms with Crippen LogP contribution in [0, 0.1) is 0 Å². The third kappa shape index (κ3) is 5.07. The lowest BCUT2D eigenvalue weighted by atomic mass is 10.1. The molecule has 1 fully saturated rings. The van der Waals surface area contributed by atoms with Crippen molar-refractivity contribution >= 4 is 17.4 Å². The Morgan fingerprint density at radius 2 is 1.95 bits per heavy atom. The van der Waals surface area contributed by atoms with Gasteiger partial charge in [0.15, 0.2) is 0 Å². The molecule has 106 valence electrons. The number of hydrogen-bond acceptors (Lipinski definition) is 3. The molecular weight excluding hydrogens is 252 g/mol. The first kappa shape index (κ1) is 14.7. The highest BCUT2D eigenvalue weighted by atomic mass is 32.2. The van der Waals surface area contributed by atoms with Gasteiger partial charge in [-0.3, -0.25) is 4.90 Å². The molecule has 2 rings (SSSR count). The molecule has 3 heteroatoms. The first-order valence-electron chi connectivity index (χ1n) is 7.43. The summed E-state index contributed by atoms with van der Waals surface area (Å²) in [6.45, 7) is 4.73. The standard InChI is InChI=1S/C16H26N2S/c1-19-13-7-4-10-17-16-9-3-2-8-15(16)14-18-11-5-6-12-18/h2-3,8-9,17H,4-7,10-14H2,1H3. The van der Waals surface area contributed by atoms with Crippen LogP contribution in [-0.4, -0.2) is 36.5 Å².